The molecule has 0 spiro atoms. The van der Waals surface area contributed by atoms with E-state index in [9.17, 15) is 31.9 Å². The molecule has 1 amide bonds. The van der Waals surface area contributed by atoms with Gasteiger partial charge >= 0.3 is 5.97 Å². The Bertz CT molecular complexity index is 1410. The predicted molar refractivity (Wildman–Crippen MR) is 137 cm³/mol. The first-order chi connectivity index (χ1) is 18.2. The average molecular weight is 564 g/mol. The number of carbonyl (C=O) groups is 2. The molecule has 10 heteroatoms. The number of carboxylic acid groups (broad SMARTS) is 1. The third-order valence-electron chi connectivity index (χ3n) is 9.45. The van der Waals surface area contributed by atoms with Crippen LogP contribution >= 0.6 is 0 Å². The van der Waals surface area contributed by atoms with Crippen molar-refractivity contribution in [2.75, 3.05) is 13.1 Å². The number of alkyl halides is 1. The van der Waals surface area contributed by atoms with Crippen LogP contribution in [0.2, 0.25) is 0 Å². The Balaban J connectivity index is 1.54. The minimum Gasteiger partial charge on any atom is -0.481 e. The van der Waals surface area contributed by atoms with Gasteiger partial charge < -0.3 is 10.0 Å². The van der Waals surface area contributed by atoms with Crippen LogP contribution in [0.5, 0.6) is 0 Å². The van der Waals surface area contributed by atoms with Crippen molar-refractivity contribution in [1.82, 2.24) is 4.90 Å². The van der Waals surface area contributed by atoms with Crippen LogP contribution < -0.4 is 0 Å². The van der Waals surface area contributed by atoms with Crippen molar-refractivity contribution < 1.29 is 36.3 Å². The van der Waals surface area contributed by atoms with E-state index >= 15 is 4.39 Å². The summed E-state index contributed by atoms with van der Waals surface area (Å²) in [7, 11) is -4.27. The summed E-state index contributed by atoms with van der Waals surface area (Å²) in [6.07, 6.45) is 2.42. The van der Waals surface area contributed by atoms with Crippen LogP contribution in [-0.4, -0.2) is 43.4 Å². The molecule has 2 bridgehead atoms. The largest absolute Gasteiger partial charge is 0.481 e. The normalized spacial score (nSPS) is 29.0. The minimum atomic E-state index is -4.27. The third kappa shape index (κ3) is 4.26. The van der Waals surface area contributed by atoms with Crippen LogP contribution in [0.25, 0.3) is 0 Å². The Morgan fingerprint density at radius 3 is 1.97 bits per heavy atom. The van der Waals surface area contributed by atoms with Gasteiger partial charge in [0.2, 0.25) is 5.91 Å². The highest BCUT2D eigenvalue weighted by molar-refractivity contribution is 7.92. The van der Waals surface area contributed by atoms with E-state index in [1.54, 1.807) is 0 Å². The fourth-order valence-corrected chi connectivity index (χ4v) is 8.92. The Morgan fingerprint density at radius 2 is 1.46 bits per heavy atom. The number of halogens is 3. The van der Waals surface area contributed by atoms with Gasteiger partial charge in [-0.1, -0.05) is 12.1 Å². The second kappa shape index (κ2) is 9.08. The van der Waals surface area contributed by atoms with E-state index < -0.39 is 48.7 Å². The molecule has 1 N–H and O–H groups in total. The molecule has 1 heterocycles. The molecule has 3 saturated carbocycles. The van der Waals surface area contributed by atoms with Gasteiger partial charge in [-0.3, -0.25) is 9.59 Å². The van der Waals surface area contributed by atoms with Crippen molar-refractivity contribution in [2.24, 2.45) is 10.8 Å². The van der Waals surface area contributed by atoms with Crippen molar-refractivity contribution in [2.45, 2.75) is 74.1 Å². The van der Waals surface area contributed by atoms with Gasteiger partial charge in [-0.05, 0) is 94.7 Å². The van der Waals surface area contributed by atoms with E-state index in [4.69, 9.17) is 0 Å². The monoisotopic (exact) mass is 563 g/mol. The topological polar surface area (TPSA) is 91.8 Å². The van der Waals surface area contributed by atoms with Gasteiger partial charge in [0.15, 0.2) is 9.84 Å². The van der Waals surface area contributed by atoms with Gasteiger partial charge in [-0.2, -0.15) is 0 Å². The van der Waals surface area contributed by atoms with E-state index in [0.717, 1.165) is 30.3 Å². The summed E-state index contributed by atoms with van der Waals surface area (Å²) in [5, 5.41) is 9.71. The minimum absolute atomic E-state index is 0.0224. The maximum atomic E-state index is 15.2. The number of hydrogen-bond acceptors (Lipinski definition) is 4. The van der Waals surface area contributed by atoms with Crippen molar-refractivity contribution in [3.8, 4) is 0 Å². The molecule has 3 aliphatic carbocycles. The second-order valence-electron chi connectivity index (χ2n) is 12.0. The number of fused-ring (bicyclic) bond motifs is 3. The molecule has 0 aromatic heterocycles. The Morgan fingerprint density at radius 1 is 0.897 bits per heavy atom. The molecule has 6 nitrogen and oxygen atoms in total. The number of likely N-dealkylation sites (tertiary alicyclic amines) is 1. The number of nitrogens with zero attached hydrogens (tertiary/aromatic N) is 1. The van der Waals surface area contributed by atoms with Gasteiger partial charge in [0.1, 0.15) is 22.1 Å². The molecule has 1 saturated heterocycles. The Kier molecular flexibility index (Phi) is 6.44. The maximum Gasteiger partial charge on any atom is 0.309 e. The van der Waals surface area contributed by atoms with Gasteiger partial charge in [0.25, 0.3) is 0 Å². The summed E-state index contributed by atoms with van der Waals surface area (Å²) < 4.78 is 70.0. The van der Waals surface area contributed by atoms with E-state index in [1.807, 2.05) is 0 Å². The lowest BCUT2D eigenvalue weighted by Gasteiger charge is -2.51. The first-order valence-electron chi connectivity index (χ1n) is 13.2. The lowest BCUT2D eigenvalue weighted by Crippen LogP contribution is -2.53. The number of hydrogen-bond donors (Lipinski definition) is 1. The van der Waals surface area contributed by atoms with Gasteiger partial charge in [0, 0.05) is 24.1 Å². The highest BCUT2D eigenvalue weighted by Crippen LogP contribution is 2.58. The van der Waals surface area contributed by atoms with E-state index in [2.05, 4.69) is 0 Å². The van der Waals surface area contributed by atoms with E-state index in [-0.39, 0.29) is 41.4 Å². The fourth-order valence-electron chi connectivity index (χ4n) is 6.85. The molecular formula is C29H32F3NO5S. The number of aliphatic carboxylic acids is 1. The van der Waals surface area contributed by atoms with Crippen molar-refractivity contribution in [1.29, 1.82) is 0 Å². The molecule has 2 aromatic carbocycles. The smallest absolute Gasteiger partial charge is 0.309 e. The van der Waals surface area contributed by atoms with E-state index in [0.29, 0.717) is 38.5 Å². The van der Waals surface area contributed by atoms with Gasteiger partial charge in [0.05, 0.1) is 10.3 Å². The molecule has 0 unspecified atom stereocenters. The highest BCUT2D eigenvalue weighted by atomic mass is 32.2. The van der Waals surface area contributed by atoms with Gasteiger partial charge in [-0.25, -0.2) is 21.6 Å². The van der Waals surface area contributed by atoms with Crippen molar-refractivity contribution >= 4 is 21.7 Å². The summed E-state index contributed by atoms with van der Waals surface area (Å²) >= 11 is 0. The quantitative estimate of drug-likeness (QED) is 0.469. The SMILES string of the molecule is CC(C)(F)c1ccc([C@]2(S(=O)(=O)c3ccc(F)cc3)CCN(C(=O)C34CCC(C(=O)O)(CC3)CC4)C2)cc1F. The number of carboxylic acids is 1. The first-order valence-corrected chi connectivity index (χ1v) is 14.7. The molecular weight excluding hydrogens is 531 g/mol. The van der Waals surface area contributed by atoms with Crippen molar-refractivity contribution in [3.63, 3.8) is 0 Å². The predicted octanol–water partition coefficient (Wildman–Crippen LogP) is 5.50. The molecule has 1 atom stereocenters. The fraction of sp³-hybridized carbons (Fsp3) is 0.517. The first kappa shape index (κ1) is 27.7. The second-order valence-corrected chi connectivity index (χ2v) is 14.2. The number of rotatable bonds is 6. The molecule has 6 rings (SSSR count). The third-order valence-corrected chi connectivity index (χ3v) is 11.9. The van der Waals surface area contributed by atoms with E-state index in [1.165, 1.54) is 30.9 Å². The van der Waals surface area contributed by atoms with Crippen LogP contribution in [0.3, 0.4) is 0 Å². The summed E-state index contributed by atoms with van der Waals surface area (Å²) in [5.74, 6) is -2.55. The van der Waals surface area contributed by atoms with Crippen molar-refractivity contribution in [3.05, 3.63) is 65.2 Å². The van der Waals surface area contributed by atoms with Crippen LogP contribution in [0, 0.1) is 22.5 Å². The molecule has 0 radical (unpaired) electrons. The van der Waals surface area contributed by atoms with Gasteiger partial charge in [-0.15, -0.1) is 0 Å². The number of sulfone groups is 1. The lowest BCUT2D eigenvalue weighted by atomic mass is 9.53. The van der Waals surface area contributed by atoms with Crippen LogP contribution in [0.4, 0.5) is 13.2 Å². The molecule has 210 valence electrons. The van der Waals surface area contributed by atoms with Crippen LogP contribution in [-0.2, 0) is 29.8 Å². The molecule has 39 heavy (non-hydrogen) atoms. The summed E-state index contributed by atoms with van der Waals surface area (Å²) in [6.45, 7) is 2.27. The number of amides is 1. The zero-order valence-electron chi connectivity index (χ0n) is 22.0. The summed E-state index contributed by atoms with van der Waals surface area (Å²) in [4.78, 5) is 27.1. The average Bonchev–Trinajstić information content (AvgIpc) is 3.36. The van der Waals surface area contributed by atoms with Crippen LogP contribution in [0.15, 0.2) is 47.4 Å². The molecule has 1 aliphatic heterocycles. The molecule has 4 aliphatic rings. The molecule has 2 aromatic rings. The highest BCUT2D eigenvalue weighted by Gasteiger charge is 2.59. The standard InChI is InChI=1S/C29H32F3NO5S/c1-26(2,32)22-8-3-19(17-23(22)31)29(39(37,38)21-6-4-20(30)5-7-21)15-16-33(18-29)24(34)27-9-12-28(13-10-27,14-11-27)25(35)36/h3-8,17H,9-16,18H2,1-2H3,(H,35,36)/t27?,28?,29-/m0/s1. The lowest BCUT2D eigenvalue weighted by molar-refractivity contribution is -0.166. The number of carbonyl (C=O) groups excluding carboxylic acids is 1. The Hall–Kier alpha value is -2.88. The number of benzene rings is 2. The zero-order chi connectivity index (χ0) is 28.4. The molecule has 4 fully saturated rings. The van der Waals surface area contributed by atoms with Crippen LogP contribution in [0.1, 0.15) is 69.9 Å². The summed E-state index contributed by atoms with van der Waals surface area (Å²) in [5.41, 5.74) is -3.65. The Labute approximate surface area is 226 Å². The maximum absolute atomic E-state index is 15.2. The zero-order valence-corrected chi connectivity index (χ0v) is 22.8. The summed E-state index contributed by atoms with van der Waals surface area (Å²) in [6, 6.07) is 8.04.